The van der Waals surface area contributed by atoms with Crippen molar-refractivity contribution in [1.82, 2.24) is 14.7 Å². The van der Waals surface area contributed by atoms with E-state index in [9.17, 15) is 23.2 Å². The number of rotatable bonds is 7. The second-order valence-corrected chi connectivity index (χ2v) is 7.88. The van der Waals surface area contributed by atoms with Crippen LogP contribution in [-0.4, -0.2) is 84.2 Å². The maximum Gasteiger partial charge on any atom is 0.327 e. The first kappa shape index (κ1) is 21.5. The van der Waals surface area contributed by atoms with Crippen molar-refractivity contribution in [2.45, 2.75) is 29.5 Å². The number of carbonyl (C=O) groups is 3. The Morgan fingerprint density at radius 1 is 1.24 bits per heavy atom. The first-order valence-electron chi connectivity index (χ1n) is 9.35. The van der Waals surface area contributed by atoms with E-state index in [0.717, 1.165) is 0 Å². The van der Waals surface area contributed by atoms with Crippen LogP contribution in [0.5, 0.6) is 0 Å². The van der Waals surface area contributed by atoms with Gasteiger partial charge in [0.25, 0.3) is 11.7 Å². The number of nitrogens with zero attached hydrogens (tertiary/aromatic N) is 3. The predicted octanol–water partition coefficient (Wildman–Crippen LogP) is 2.52. The lowest BCUT2D eigenvalue weighted by molar-refractivity contribution is -0.125. The summed E-state index contributed by atoms with van der Waals surface area (Å²) in [6.07, 6.45) is 1.07. The smallest absolute Gasteiger partial charge is 0.327 e. The lowest BCUT2D eigenvalue weighted by atomic mass is 10.0. The Morgan fingerprint density at radius 3 is 2.59 bits per heavy atom. The second kappa shape index (κ2) is 9.53. The summed E-state index contributed by atoms with van der Waals surface area (Å²) in [4.78, 5) is 42.1. The van der Waals surface area contributed by atoms with E-state index < -0.39 is 5.76 Å². The summed E-state index contributed by atoms with van der Waals surface area (Å²) < 4.78 is 30.5. The Morgan fingerprint density at radius 2 is 1.93 bits per heavy atom. The lowest BCUT2D eigenvalue weighted by Gasteiger charge is -2.36. The Kier molecular flexibility index (Phi) is 7.07. The van der Waals surface area contributed by atoms with Crippen LogP contribution in [0.4, 0.5) is 13.6 Å². The number of piperidine rings is 1. The van der Waals surface area contributed by atoms with Gasteiger partial charge in [0.05, 0.1) is 18.7 Å². The number of benzene rings is 1. The quantitative estimate of drug-likeness (QED) is 0.494. The van der Waals surface area contributed by atoms with Gasteiger partial charge in [0.15, 0.2) is 0 Å². The molecule has 2 heterocycles. The van der Waals surface area contributed by atoms with Crippen molar-refractivity contribution in [3.63, 3.8) is 0 Å². The third-order valence-corrected chi connectivity index (χ3v) is 5.92. The van der Waals surface area contributed by atoms with E-state index in [0.29, 0.717) is 37.7 Å². The third kappa shape index (κ3) is 4.87. The zero-order chi connectivity index (χ0) is 21.0. The molecule has 7 nitrogen and oxygen atoms in total. The number of methoxy groups -OCH3 is 1. The largest absolute Gasteiger partial charge is 0.383 e. The van der Waals surface area contributed by atoms with Crippen LogP contribution < -0.4 is 0 Å². The van der Waals surface area contributed by atoms with Gasteiger partial charge in [-0.1, -0.05) is 23.9 Å². The zero-order valence-electron chi connectivity index (χ0n) is 16.1. The SMILES string of the molecule is COCCN1C(=O)CN(C2CCN(C(=O)c3ccccc3SC(F)F)CC2)C1=O. The Bertz CT molecular complexity index is 772. The minimum absolute atomic E-state index is 0.0367. The van der Waals surface area contributed by atoms with Gasteiger partial charge >= 0.3 is 6.03 Å². The Balaban J connectivity index is 1.61. The van der Waals surface area contributed by atoms with Gasteiger partial charge in [0, 0.05) is 31.1 Å². The molecule has 0 bridgehead atoms. The number of halogens is 2. The monoisotopic (exact) mass is 427 g/mol. The summed E-state index contributed by atoms with van der Waals surface area (Å²) in [6, 6.07) is 5.89. The van der Waals surface area contributed by atoms with Gasteiger partial charge in [0.2, 0.25) is 5.91 Å². The highest BCUT2D eigenvalue weighted by atomic mass is 32.2. The molecule has 0 spiro atoms. The maximum absolute atomic E-state index is 12.8. The summed E-state index contributed by atoms with van der Waals surface area (Å²) in [6.45, 7) is 1.34. The molecule has 0 aliphatic carbocycles. The van der Waals surface area contributed by atoms with Crippen molar-refractivity contribution in [3.05, 3.63) is 29.8 Å². The Hall–Kier alpha value is -2.20. The highest BCUT2D eigenvalue weighted by Crippen LogP contribution is 2.30. The normalized spacial score (nSPS) is 18.3. The number of amides is 4. The summed E-state index contributed by atoms with van der Waals surface area (Å²) in [5.74, 6) is -3.14. The van der Waals surface area contributed by atoms with Gasteiger partial charge in [-0.2, -0.15) is 8.78 Å². The molecule has 158 valence electrons. The molecule has 29 heavy (non-hydrogen) atoms. The molecule has 0 radical (unpaired) electrons. The third-order valence-electron chi connectivity index (χ3n) is 5.13. The fourth-order valence-corrected chi connectivity index (χ4v) is 4.27. The molecule has 10 heteroatoms. The van der Waals surface area contributed by atoms with Gasteiger partial charge in [-0.05, 0) is 25.0 Å². The van der Waals surface area contributed by atoms with E-state index in [2.05, 4.69) is 0 Å². The van der Waals surface area contributed by atoms with Crippen molar-refractivity contribution in [1.29, 1.82) is 0 Å². The highest BCUT2D eigenvalue weighted by molar-refractivity contribution is 7.99. The molecule has 3 rings (SSSR count). The van der Waals surface area contributed by atoms with E-state index in [1.54, 1.807) is 28.0 Å². The fraction of sp³-hybridized carbons (Fsp3) is 0.526. The highest BCUT2D eigenvalue weighted by Gasteiger charge is 2.40. The maximum atomic E-state index is 12.8. The fourth-order valence-electron chi connectivity index (χ4n) is 3.64. The van der Waals surface area contributed by atoms with Gasteiger partial charge in [-0.25, -0.2) is 4.79 Å². The second-order valence-electron chi connectivity index (χ2n) is 6.85. The van der Waals surface area contributed by atoms with Crippen LogP contribution in [-0.2, 0) is 9.53 Å². The number of urea groups is 1. The van der Waals surface area contributed by atoms with Crippen molar-refractivity contribution < 1.29 is 27.9 Å². The van der Waals surface area contributed by atoms with Crippen molar-refractivity contribution >= 4 is 29.6 Å². The van der Waals surface area contributed by atoms with Gasteiger partial charge in [-0.15, -0.1) is 0 Å². The first-order valence-corrected chi connectivity index (χ1v) is 10.2. The van der Waals surface area contributed by atoms with Gasteiger partial charge in [-0.3, -0.25) is 14.5 Å². The molecular weight excluding hydrogens is 404 g/mol. The summed E-state index contributed by atoms with van der Waals surface area (Å²) in [7, 11) is 1.51. The molecular formula is C19H23F2N3O4S. The molecule has 2 saturated heterocycles. The number of carbonyl (C=O) groups excluding carboxylic acids is 3. The minimum Gasteiger partial charge on any atom is -0.383 e. The van der Waals surface area contributed by atoms with Crippen LogP contribution in [0.3, 0.4) is 0 Å². The molecule has 2 aliphatic heterocycles. The number of likely N-dealkylation sites (tertiary alicyclic amines) is 1. The molecule has 0 atom stereocenters. The predicted molar refractivity (Wildman–Crippen MR) is 103 cm³/mol. The Labute approximate surface area is 171 Å². The number of hydrogen-bond acceptors (Lipinski definition) is 5. The number of imide groups is 1. The average molecular weight is 427 g/mol. The summed E-state index contributed by atoms with van der Waals surface area (Å²) in [5, 5.41) is 0. The number of alkyl halides is 2. The number of hydrogen-bond donors (Lipinski definition) is 0. The molecule has 2 fully saturated rings. The molecule has 0 saturated carbocycles. The summed E-state index contributed by atoms with van der Waals surface area (Å²) in [5.41, 5.74) is 0.259. The van der Waals surface area contributed by atoms with E-state index in [1.807, 2.05) is 0 Å². The van der Waals surface area contributed by atoms with Crippen LogP contribution in [0.1, 0.15) is 23.2 Å². The molecule has 1 aromatic rings. The molecule has 0 aromatic heterocycles. The molecule has 0 unspecified atom stereocenters. The van der Waals surface area contributed by atoms with Crippen molar-refractivity contribution in [2.75, 3.05) is 39.9 Å². The average Bonchev–Trinajstić information content (AvgIpc) is 2.99. The lowest BCUT2D eigenvalue weighted by Crippen LogP contribution is -2.48. The van der Waals surface area contributed by atoms with E-state index in [4.69, 9.17) is 4.74 Å². The van der Waals surface area contributed by atoms with Crippen molar-refractivity contribution in [2.24, 2.45) is 0 Å². The minimum atomic E-state index is -2.60. The summed E-state index contributed by atoms with van der Waals surface area (Å²) >= 11 is 0.359. The van der Waals surface area contributed by atoms with E-state index >= 15 is 0 Å². The zero-order valence-corrected chi connectivity index (χ0v) is 16.9. The molecule has 4 amide bonds. The van der Waals surface area contributed by atoms with Crippen LogP contribution in [0, 0.1) is 0 Å². The van der Waals surface area contributed by atoms with Crippen LogP contribution in [0.15, 0.2) is 29.2 Å². The molecule has 0 N–H and O–H groups in total. The van der Waals surface area contributed by atoms with Crippen LogP contribution >= 0.6 is 11.8 Å². The van der Waals surface area contributed by atoms with Gasteiger partial charge < -0.3 is 14.5 Å². The van der Waals surface area contributed by atoms with Gasteiger partial charge in [0.1, 0.15) is 6.54 Å². The molecule has 1 aromatic carbocycles. The first-order chi connectivity index (χ1) is 13.9. The standard InChI is InChI=1S/C19H23F2N3O4S/c1-28-11-10-23-16(25)12-24(19(23)27)13-6-8-22(9-7-13)17(26)14-4-2-3-5-15(14)29-18(20)21/h2-5,13,18H,6-12H2,1H3. The number of ether oxygens (including phenoxy) is 1. The van der Waals surface area contributed by atoms with Crippen molar-refractivity contribution in [3.8, 4) is 0 Å². The number of thioether (sulfide) groups is 1. The van der Waals surface area contributed by atoms with E-state index in [1.165, 1.54) is 18.1 Å². The molecule has 2 aliphatic rings. The topological polar surface area (TPSA) is 70.2 Å². The van der Waals surface area contributed by atoms with E-state index in [-0.39, 0.29) is 54.0 Å². The van der Waals surface area contributed by atoms with Crippen LogP contribution in [0.2, 0.25) is 0 Å². The van der Waals surface area contributed by atoms with Crippen LogP contribution in [0.25, 0.3) is 0 Å².